The molecular formula is C8H5BrClFN2O. The van der Waals surface area contributed by atoms with E-state index in [0.717, 1.165) is 0 Å². The minimum absolute atomic E-state index is 0.0156. The number of carbonyl (C=O) groups is 1. The van der Waals surface area contributed by atoms with Gasteiger partial charge in [0.1, 0.15) is 5.71 Å². The van der Waals surface area contributed by atoms with Crippen LogP contribution < -0.4 is 5.73 Å². The van der Waals surface area contributed by atoms with E-state index in [1.54, 1.807) is 0 Å². The van der Waals surface area contributed by atoms with Crippen LogP contribution >= 0.6 is 27.5 Å². The number of aldehydes is 1. The van der Waals surface area contributed by atoms with E-state index in [-0.39, 0.29) is 22.6 Å². The molecule has 1 aromatic rings. The van der Waals surface area contributed by atoms with E-state index in [1.165, 1.54) is 6.07 Å². The fraction of sp³-hybridized carbons (Fsp3) is 0. The fourth-order valence-electron chi connectivity index (χ4n) is 0.946. The average Bonchev–Trinajstić information content (AvgIpc) is 2.14. The van der Waals surface area contributed by atoms with Crippen LogP contribution in [-0.4, -0.2) is 12.0 Å². The van der Waals surface area contributed by atoms with Crippen LogP contribution in [0.1, 0.15) is 5.56 Å². The second-order valence-corrected chi connectivity index (χ2v) is 3.74. The summed E-state index contributed by atoms with van der Waals surface area (Å²) in [5.74, 6) is -0.823. The molecule has 0 bridgehead atoms. The minimum Gasteiger partial charge on any atom is -0.396 e. The van der Waals surface area contributed by atoms with Gasteiger partial charge in [0.05, 0.1) is 10.7 Å². The highest BCUT2D eigenvalue weighted by atomic mass is 79.9. The zero-order valence-corrected chi connectivity index (χ0v) is 9.12. The van der Waals surface area contributed by atoms with E-state index in [1.807, 2.05) is 0 Å². The molecule has 0 radical (unpaired) electrons. The molecule has 3 nitrogen and oxygen atoms in total. The maximum Gasteiger partial charge on any atom is 0.168 e. The first-order valence-electron chi connectivity index (χ1n) is 3.46. The van der Waals surface area contributed by atoms with Crippen molar-refractivity contribution >= 4 is 45.2 Å². The first-order chi connectivity index (χ1) is 6.49. The number of nitrogen functional groups attached to an aromatic ring is 1. The van der Waals surface area contributed by atoms with Gasteiger partial charge >= 0.3 is 0 Å². The smallest absolute Gasteiger partial charge is 0.168 e. The third kappa shape index (κ3) is 1.78. The molecule has 0 amide bonds. The Morgan fingerprint density at radius 3 is 2.79 bits per heavy atom. The van der Waals surface area contributed by atoms with Gasteiger partial charge in [0.2, 0.25) is 0 Å². The van der Waals surface area contributed by atoms with Crippen molar-refractivity contribution < 1.29 is 9.18 Å². The van der Waals surface area contributed by atoms with E-state index >= 15 is 0 Å². The van der Waals surface area contributed by atoms with E-state index in [0.29, 0.717) is 4.47 Å². The Morgan fingerprint density at radius 1 is 1.71 bits per heavy atom. The van der Waals surface area contributed by atoms with Crippen LogP contribution in [-0.2, 0) is 4.79 Å². The normalized spacial score (nSPS) is 9.93. The Balaban J connectivity index is 3.51. The average molecular weight is 279 g/mol. The van der Waals surface area contributed by atoms with Crippen molar-refractivity contribution in [2.75, 3.05) is 5.73 Å². The molecule has 74 valence electrons. The number of nitrogens with two attached hydrogens (primary N) is 1. The predicted octanol–water partition coefficient (Wildman–Crippen LogP) is 2.39. The van der Waals surface area contributed by atoms with Crippen molar-refractivity contribution in [1.82, 2.24) is 0 Å². The van der Waals surface area contributed by atoms with Crippen molar-refractivity contribution in [3.05, 3.63) is 26.9 Å². The second-order valence-electron chi connectivity index (χ2n) is 2.47. The minimum atomic E-state index is -0.823. The molecule has 0 saturated carbocycles. The highest BCUT2D eigenvalue weighted by Crippen LogP contribution is 2.31. The third-order valence-corrected chi connectivity index (χ3v) is 2.50. The quantitative estimate of drug-likeness (QED) is 0.378. The van der Waals surface area contributed by atoms with E-state index in [4.69, 9.17) is 22.7 Å². The lowest BCUT2D eigenvalue weighted by Gasteiger charge is -2.08. The zero-order chi connectivity index (χ0) is 10.9. The molecule has 0 spiro atoms. The molecule has 1 aromatic carbocycles. The number of nitrogens with one attached hydrogen (secondary N) is 1. The number of halogens is 3. The molecule has 0 aliphatic carbocycles. The maximum absolute atomic E-state index is 13.2. The number of carbonyl (C=O) groups excluding carboxylic acids is 1. The molecule has 3 N–H and O–H groups in total. The summed E-state index contributed by atoms with van der Waals surface area (Å²) in [5, 5.41) is 7.08. The molecule has 14 heavy (non-hydrogen) atoms. The maximum atomic E-state index is 13.2. The summed E-state index contributed by atoms with van der Waals surface area (Å²) in [6.07, 6.45) is 0.282. The van der Waals surface area contributed by atoms with Gasteiger partial charge in [-0.15, -0.1) is 0 Å². The molecule has 0 atom stereocenters. The molecule has 0 aromatic heterocycles. The molecule has 0 unspecified atom stereocenters. The standard InChI is InChI=1S/C8H5BrClFN2O/c9-3-1-4(10)7(11)8(13)6(3)5(12)2-14/h1-2,12H,13H2. The van der Waals surface area contributed by atoms with Crippen molar-refractivity contribution in [3.63, 3.8) is 0 Å². The number of hydrogen-bond donors (Lipinski definition) is 2. The number of anilines is 1. The van der Waals surface area contributed by atoms with Gasteiger partial charge in [-0.05, 0) is 22.0 Å². The molecular weight excluding hydrogens is 274 g/mol. The summed E-state index contributed by atoms with van der Waals surface area (Å²) >= 11 is 8.54. The summed E-state index contributed by atoms with van der Waals surface area (Å²) in [6.45, 7) is 0. The summed E-state index contributed by atoms with van der Waals surface area (Å²) in [4.78, 5) is 10.3. The lowest BCUT2D eigenvalue weighted by molar-refractivity contribution is -0.102. The van der Waals surface area contributed by atoms with Crippen LogP contribution in [0.15, 0.2) is 10.5 Å². The van der Waals surface area contributed by atoms with Gasteiger partial charge in [0.25, 0.3) is 0 Å². The molecule has 0 saturated heterocycles. The molecule has 6 heteroatoms. The number of rotatable bonds is 2. The molecule has 0 aliphatic rings. The van der Waals surface area contributed by atoms with E-state index < -0.39 is 11.5 Å². The Bertz CT molecular complexity index is 422. The second kappa shape index (κ2) is 4.06. The van der Waals surface area contributed by atoms with Crippen LogP contribution in [0.25, 0.3) is 0 Å². The first-order valence-corrected chi connectivity index (χ1v) is 4.63. The Kier molecular flexibility index (Phi) is 3.23. The molecule has 0 heterocycles. The lowest BCUT2D eigenvalue weighted by atomic mass is 10.1. The Morgan fingerprint density at radius 2 is 2.29 bits per heavy atom. The van der Waals surface area contributed by atoms with Gasteiger partial charge < -0.3 is 5.73 Å². The van der Waals surface area contributed by atoms with Crippen molar-refractivity contribution in [2.24, 2.45) is 0 Å². The topological polar surface area (TPSA) is 66.9 Å². The van der Waals surface area contributed by atoms with Gasteiger partial charge in [-0.25, -0.2) is 4.39 Å². The summed E-state index contributed by atoms with van der Waals surface area (Å²) in [6, 6.07) is 1.25. The van der Waals surface area contributed by atoms with Crippen LogP contribution in [0.3, 0.4) is 0 Å². The molecule has 0 fully saturated rings. The summed E-state index contributed by atoms with van der Waals surface area (Å²) < 4.78 is 13.5. The summed E-state index contributed by atoms with van der Waals surface area (Å²) in [7, 11) is 0. The van der Waals surface area contributed by atoms with Gasteiger partial charge in [-0.1, -0.05) is 11.6 Å². The SMILES string of the molecule is N=C(C=O)c1c(Br)cc(Cl)c(F)c1N. The predicted molar refractivity (Wildman–Crippen MR) is 56.4 cm³/mol. The number of hydrogen-bond acceptors (Lipinski definition) is 3. The number of benzene rings is 1. The monoisotopic (exact) mass is 278 g/mol. The Labute approximate surface area is 92.7 Å². The lowest BCUT2D eigenvalue weighted by Crippen LogP contribution is -2.08. The van der Waals surface area contributed by atoms with E-state index in [9.17, 15) is 9.18 Å². The van der Waals surface area contributed by atoms with Crippen LogP contribution in [0.2, 0.25) is 5.02 Å². The highest BCUT2D eigenvalue weighted by Gasteiger charge is 2.16. The summed E-state index contributed by atoms with van der Waals surface area (Å²) in [5.41, 5.74) is 4.68. The highest BCUT2D eigenvalue weighted by molar-refractivity contribution is 9.10. The van der Waals surface area contributed by atoms with E-state index in [2.05, 4.69) is 15.9 Å². The van der Waals surface area contributed by atoms with Gasteiger partial charge in [-0.2, -0.15) is 0 Å². The zero-order valence-electron chi connectivity index (χ0n) is 6.77. The fourth-order valence-corrected chi connectivity index (χ4v) is 1.95. The van der Waals surface area contributed by atoms with Gasteiger partial charge in [0.15, 0.2) is 12.1 Å². The van der Waals surface area contributed by atoms with Crippen molar-refractivity contribution in [3.8, 4) is 0 Å². The largest absolute Gasteiger partial charge is 0.396 e. The van der Waals surface area contributed by atoms with Crippen LogP contribution in [0.4, 0.5) is 10.1 Å². The van der Waals surface area contributed by atoms with Gasteiger partial charge in [0, 0.05) is 10.0 Å². The Hall–Kier alpha value is -0.940. The van der Waals surface area contributed by atoms with Crippen LogP contribution in [0, 0.1) is 11.2 Å². The van der Waals surface area contributed by atoms with Gasteiger partial charge in [-0.3, -0.25) is 10.2 Å². The van der Waals surface area contributed by atoms with Crippen LogP contribution in [0.5, 0.6) is 0 Å². The third-order valence-electron chi connectivity index (χ3n) is 1.59. The first kappa shape index (κ1) is 11.1. The molecule has 0 aliphatic heterocycles. The van der Waals surface area contributed by atoms with Crippen molar-refractivity contribution in [1.29, 1.82) is 5.41 Å². The molecule has 1 rings (SSSR count). The van der Waals surface area contributed by atoms with Crippen molar-refractivity contribution in [2.45, 2.75) is 0 Å².